The van der Waals surface area contributed by atoms with Crippen molar-refractivity contribution in [3.8, 4) is 17.4 Å². The van der Waals surface area contributed by atoms with Crippen LogP contribution in [0.15, 0.2) is 55.1 Å². The van der Waals surface area contributed by atoms with Gasteiger partial charge in [0.25, 0.3) is 12.3 Å². The average molecular weight is 481 g/mol. The molecule has 4 heterocycles. The van der Waals surface area contributed by atoms with Crippen LogP contribution in [-0.4, -0.2) is 54.7 Å². The Morgan fingerprint density at radius 2 is 2.00 bits per heavy atom. The van der Waals surface area contributed by atoms with Crippen LogP contribution in [0.2, 0.25) is 0 Å². The number of benzene rings is 1. The molecule has 12 heteroatoms. The lowest BCUT2D eigenvalue weighted by atomic mass is 10.2. The zero-order chi connectivity index (χ0) is 24.4. The van der Waals surface area contributed by atoms with Crippen LogP contribution in [0.25, 0.3) is 11.5 Å². The maximum absolute atomic E-state index is 12.8. The van der Waals surface area contributed by atoms with E-state index < -0.39 is 6.43 Å². The quantitative estimate of drug-likeness (QED) is 0.412. The molecule has 1 amide bonds. The first-order chi connectivity index (χ1) is 17.0. The smallest absolute Gasteiger partial charge is 0.271 e. The van der Waals surface area contributed by atoms with Crippen LogP contribution in [-0.2, 0) is 11.3 Å². The van der Waals surface area contributed by atoms with Crippen molar-refractivity contribution in [2.45, 2.75) is 26.0 Å². The van der Waals surface area contributed by atoms with Gasteiger partial charge in [-0.3, -0.25) is 9.36 Å². The molecule has 0 saturated carbocycles. The van der Waals surface area contributed by atoms with Crippen molar-refractivity contribution in [3.05, 3.63) is 77.6 Å². The van der Waals surface area contributed by atoms with Gasteiger partial charge in [-0.05, 0) is 30.7 Å². The van der Waals surface area contributed by atoms with Crippen LogP contribution < -0.4 is 10.1 Å². The highest BCUT2D eigenvalue weighted by Crippen LogP contribution is 2.22. The Balaban J connectivity index is 1.24. The number of alkyl halides is 2. The van der Waals surface area contributed by atoms with Gasteiger partial charge in [0.1, 0.15) is 18.6 Å². The maximum atomic E-state index is 12.8. The summed E-state index contributed by atoms with van der Waals surface area (Å²) in [6.45, 7) is 3.04. The highest BCUT2D eigenvalue weighted by molar-refractivity contribution is 5.92. The minimum atomic E-state index is -2.53. The third-order valence-electron chi connectivity index (χ3n) is 5.50. The number of rotatable bonds is 8. The summed E-state index contributed by atoms with van der Waals surface area (Å²) in [4.78, 5) is 16.3. The SMILES string of the molecule is Cc1cnn(-c2ccc(C(F)F)cc2)c1COc1ccc(-n2cnc(C(=O)NC3COC3)c2)nn1. The van der Waals surface area contributed by atoms with E-state index >= 15 is 0 Å². The number of halogens is 2. The second-order valence-corrected chi connectivity index (χ2v) is 7.97. The Hall–Kier alpha value is -4.19. The molecule has 1 saturated heterocycles. The van der Waals surface area contributed by atoms with Crippen molar-refractivity contribution >= 4 is 5.91 Å². The van der Waals surface area contributed by atoms with E-state index in [-0.39, 0.29) is 35.7 Å². The number of hydrogen-bond donors (Lipinski definition) is 1. The Kier molecular flexibility index (Phi) is 6.19. The fourth-order valence-corrected chi connectivity index (χ4v) is 3.43. The first-order valence-electron chi connectivity index (χ1n) is 10.8. The number of aromatic nitrogens is 6. The number of imidazole rings is 1. The zero-order valence-electron chi connectivity index (χ0n) is 18.6. The molecule has 0 unspecified atom stereocenters. The van der Waals surface area contributed by atoms with E-state index in [1.165, 1.54) is 18.5 Å². The molecule has 1 N–H and O–H groups in total. The summed E-state index contributed by atoms with van der Waals surface area (Å²) in [5, 5.41) is 15.4. The molecule has 0 atom stereocenters. The van der Waals surface area contributed by atoms with E-state index in [2.05, 4.69) is 25.6 Å². The van der Waals surface area contributed by atoms with Crippen LogP contribution in [0.3, 0.4) is 0 Å². The molecular weight excluding hydrogens is 460 g/mol. The van der Waals surface area contributed by atoms with Crippen LogP contribution in [0.4, 0.5) is 8.78 Å². The number of carbonyl (C=O) groups is 1. The molecule has 35 heavy (non-hydrogen) atoms. The fraction of sp³-hybridized carbons (Fsp3) is 0.261. The van der Waals surface area contributed by atoms with Gasteiger partial charge in [-0.2, -0.15) is 5.10 Å². The van der Waals surface area contributed by atoms with Crippen molar-refractivity contribution in [2.75, 3.05) is 13.2 Å². The van der Waals surface area contributed by atoms with Gasteiger partial charge >= 0.3 is 0 Å². The van der Waals surface area contributed by atoms with E-state index in [1.54, 1.807) is 45.9 Å². The van der Waals surface area contributed by atoms with Gasteiger partial charge in [-0.25, -0.2) is 18.4 Å². The molecule has 0 spiro atoms. The van der Waals surface area contributed by atoms with Gasteiger partial charge in [-0.15, -0.1) is 10.2 Å². The lowest BCUT2D eigenvalue weighted by Gasteiger charge is -2.26. The van der Waals surface area contributed by atoms with Crippen molar-refractivity contribution in [1.82, 2.24) is 34.8 Å². The number of hydrogen-bond acceptors (Lipinski definition) is 7. The van der Waals surface area contributed by atoms with Gasteiger partial charge in [-0.1, -0.05) is 12.1 Å². The molecule has 4 aromatic rings. The monoisotopic (exact) mass is 481 g/mol. The standard InChI is InChI=1S/C23H21F2N7O3/c1-14-8-27-32(17-4-2-15(3-5-17)22(24)25)19(14)12-35-21-7-6-20(29-30-21)31-9-18(26-13-31)23(33)28-16-10-34-11-16/h2-9,13,16,22H,10-12H2,1H3,(H,28,33). The van der Waals surface area contributed by atoms with Crippen molar-refractivity contribution in [1.29, 1.82) is 0 Å². The summed E-state index contributed by atoms with van der Waals surface area (Å²) in [5.74, 6) is 0.481. The normalized spacial score (nSPS) is 13.6. The van der Waals surface area contributed by atoms with E-state index in [1.807, 2.05) is 6.92 Å². The number of nitrogens with one attached hydrogen (secondary N) is 1. The molecule has 1 aromatic carbocycles. The predicted octanol–water partition coefficient (Wildman–Crippen LogP) is 2.80. The average Bonchev–Trinajstić information content (AvgIpc) is 3.48. The summed E-state index contributed by atoms with van der Waals surface area (Å²) in [6, 6.07) is 9.29. The number of nitrogens with zero attached hydrogens (tertiary/aromatic N) is 6. The fourth-order valence-electron chi connectivity index (χ4n) is 3.43. The third kappa shape index (κ3) is 4.87. The van der Waals surface area contributed by atoms with E-state index in [0.29, 0.717) is 24.7 Å². The lowest BCUT2D eigenvalue weighted by molar-refractivity contribution is -0.00354. The van der Waals surface area contributed by atoms with Crippen molar-refractivity contribution < 1.29 is 23.0 Å². The summed E-state index contributed by atoms with van der Waals surface area (Å²) < 4.78 is 39.8. The van der Waals surface area contributed by atoms with Gasteiger partial charge < -0.3 is 14.8 Å². The highest BCUT2D eigenvalue weighted by Gasteiger charge is 2.22. The molecule has 5 rings (SSSR count). The van der Waals surface area contributed by atoms with Crippen LogP contribution in [0, 0.1) is 6.92 Å². The first kappa shape index (κ1) is 22.6. The van der Waals surface area contributed by atoms with E-state index in [9.17, 15) is 13.6 Å². The summed E-state index contributed by atoms with van der Waals surface area (Å²) >= 11 is 0. The summed E-state index contributed by atoms with van der Waals surface area (Å²) in [7, 11) is 0. The Labute approximate surface area is 198 Å². The number of ether oxygens (including phenoxy) is 2. The van der Waals surface area contributed by atoms with Gasteiger partial charge in [0.2, 0.25) is 5.88 Å². The summed E-state index contributed by atoms with van der Waals surface area (Å²) in [6.07, 6.45) is 2.21. The minimum absolute atomic E-state index is 0.0146. The van der Waals surface area contributed by atoms with Crippen LogP contribution in [0.1, 0.15) is 33.7 Å². The largest absolute Gasteiger partial charge is 0.470 e. The molecule has 10 nitrogen and oxygen atoms in total. The Morgan fingerprint density at radius 1 is 1.20 bits per heavy atom. The number of amides is 1. The topological polar surface area (TPSA) is 109 Å². The number of aryl methyl sites for hydroxylation is 1. The van der Waals surface area contributed by atoms with Crippen molar-refractivity contribution in [2.24, 2.45) is 0 Å². The molecule has 0 radical (unpaired) electrons. The molecule has 1 aliphatic heterocycles. The molecular formula is C23H21F2N7O3. The first-order valence-corrected chi connectivity index (χ1v) is 10.8. The predicted molar refractivity (Wildman–Crippen MR) is 119 cm³/mol. The van der Waals surface area contributed by atoms with E-state index in [4.69, 9.17) is 9.47 Å². The van der Waals surface area contributed by atoms with Crippen molar-refractivity contribution in [3.63, 3.8) is 0 Å². The maximum Gasteiger partial charge on any atom is 0.271 e. The molecule has 1 fully saturated rings. The Morgan fingerprint density at radius 3 is 2.66 bits per heavy atom. The molecule has 0 aliphatic carbocycles. The van der Waals surface area contributed by atoms with Gasteiger partial charge in [0, 0.05) is 17.8 Å². The van der Waals surface area contributed by atoms with E-state index in [0.717, 1.165) is 11.3 Å². The third-order valence-corrected chi connectivity index (χ3v) is 5.50. The van der Waals surface area contributed by atoms with Gasteiger partial charge in [0.15, 0.2) is 5.82 Å². The number of carbonyl (C=O) groups excluding carboxylic acids is 1. The lowest BCUT2D eigenvalue weighted by Crippen LogP contribution is -2.48. The summed E-state index contributed by atoms with van der Waals surface area (Å²) in [5.41, 5.74) is 2.49. The highest BCUT2D eigenvalue weighted by atomic mass is 19.3. The molecule has 180 valence electrons. The second kappa shape index (κ2) is 9.58. The molecule has 3 aromatic heterocycles. The molecule has 0 bridgehead atoms. The second-order valence-electron chi connectivity index (χ2n) is 7.97. The van der Waals surface area contributed by atoms with Crippen LogP contribution in [0.5, 0.6) is 5.88 Å². The molecule has 1 aliphatic rings. The van der Waals surface area contributed by atoms with Gasteiger partial charge in [0.05, 0.1) is 36.8 Å². The minimum Gasteiger partial charge on any atom is -0.470 e. The van der Waals surface area contributed by atoms with Crippen LogP contribution >= 0.6 is 0 Å². The Bertz CT molecular complexity index is 1320. The zero-order valence-corrected chi connectivity index (χ0v) is 18.6.